The van der Waals surface area contributed by atoms with E-state index < -0.39 is 0 Å². The molecule has 0 radical (unpaired) electrons. The Balaban J connectivity index is 2.41. The Hall–Kier alpha value is -1.32. The van der Waals surface area contributed by atoms with Crippen molar-refractivity contribution >= 4 is 11.6 Å². The Bertz CT molecular complexity index is 322. The van der Waals surface area contributed by atoms with Crippen molar-refractivity contribution in [1.82, 2.24) is 9.97 Å². The zero-order valence-corrected chi connectivity index (χ0v) is 12.6. The van der Waals surface area contributed by atoms with Crippen molar-refractivity contribution < 1.29 is 0 Å². The minimum atomic E-state index is 0.818. The van der Waals surface area contributed by atoms with Gasteiger partial charge in [-0.25, -0.2) is 9.97 Å². The molecule has 1 heterocycles. The predicted molar refractivity (Wildman–Crippen MR) is 82.8 cm³/mol. The SMILES string of the molecule is CCCCCNc1cc(NCCCCC)nc(C)n1. The van der Waals surface area contributed by atoms with Crippen LogP contribution in [-0.2, 0) is 0 Å². The predicted octanol–water partition coefficient (Wildman–Crippen LogP) is 3.99. The van der Waals surface area contributed by atoms with Crippen LogP contribution < -0.4 is 10.6 Å². The van der Waals surface area contributed by atoms with Gasteiger partial charge in [-0.15, -0.1) is 0 Å². The Kier molecular flexibility index (Phi) is 7.94. The summed E-state index contributed by atoms with van der Waals surface area (Å²) in [7, 11) is 0. The maximum atomic E-state index is 4.41. The summed E-state index contributed by atoms with van der Waals surface area (Å²) in [5.74, 6) is 2.68. The highest BCUT2D eigenvalue weighted by Gasteiger charge is 2.01. The highest BCUT2D eigenvalue weighted by atomic mass is 15.1. The maximum absolute atomic E-state index is 4.41. The molecule has 0 spiro atoms. The molecule has 0 aliphatic heterocycles. The topological polar surface area (TPSA) is 49.8 Å². The average molecular weight is 264 g/mol. The van der Waals surface area contributed by atoms with E-state index in [0.29, 0.717) is 0 Å². The Morgan fingerprint density at radius 3 is 1.74 bits per heavy atom. The van der Waals surface area contributed by atoms with Crippen LogP contribution in [0.2, 0.25) is 0 Å². The van der Waals surface area contributed by atoms with E-state index in [1.807, 2.05) is 13.0 Å². The van der Waals surface area contributed by atoms with Crippen LogP contribution in [0.3, 0.4) is 0 Å². The fraction of sp³-hybridized carbons (Fsp3) is 0.733. The van der Waals surface area contributed by atoms with Crippen molar-refractivity contribution in [1.29, 1.82) is 0 Å². The molecule has 0 aromatic carbocycles. The van der Waals surface area contributed by atoms with E-state index in [9.17, 15) is 0 Å². The molecule has 0 saturated carbocycles. The lowest BCUT2D eigenvalue weighted by atomic mass is 10.2. The van der Waals surface area contributed by atoms with Crippen LogP contribution in [0.4, 0.5) is 11.6 Å². The lowest BCUT2D eigenvalue weighted by Gasteiger charge is -2.10. The molecule has 0 atom stereocenters. The first kappa shape index (κ1) is 15.7. The second-order valence-electron chi connectivity index (χ2n) is 4.95. The van der Waals surface area contributed by atoms with Gasteiger partial charge in [0.25, 0.3) is 0 Å². The number of hydrogen-bond acceptors (Lipinski definition) is 4. The quantitative estimate of drug-likeness (QED) is 0.627. The average Bonchev–Trinajstić information content (AvgIpc) is 2.39. The van der Waals surface area contributed by atoms with Crippen LogP contribution in [0, 0.1) is 6.92 Å². The number of rotatable bonds is 10. The number of nitrogens with one attached hydrogen (secondary N) is 2. The molecule has 0 bridgehead atoms. The van der Waals surface area contributed by atoms with Crippen LogP contribution in [0.25, 0.3) is 0 Å². The van der Waals surface area contributed by atoms with Crippen LogP contribution in [0.1, 0.15) is 58.2 Å². The Labute approximate surface area is 117 Å². The van der Waals surface area contributed by atoms with Crippen LogP contribution in [0.15, 0.2) is 6.07 Å². The van der Waals surface area contributed by atoms with Crippen LogP contribution in [-0.4, -0.2) is 23.1 Å². The van der Waals surface area contributed by atoms with E-state index in [1.165, 1.54) is 38.5 Å². The molecule has 2 N–H and O–H groups in total. The van der Waals surface area contributed by atoms with Gasteiger partial charge in [0.1, 0.15) is 17.5 Å². The molecule has 1 aromatic heterocycles. The largest absolute Gasteiger partial charge is 0.370 e. The van der Waals surface area contributed by atoms with Crippen molar-refractivity contribution in [3.8, 4) is 0 Å². The third-order valence-electron chi connectivity index (χ3n) is 3.01. The molecular weight excluding hydrogens is 236 g/mol. The molecule has 1 rings (SSSR count). The van der Waals surface area contributed by atoms with Gasteiger partial charge >= 0.3 is 0 Å². The first-order valence-corrected chi connectivity index (χ1v) is 7.59. The van der Waals surface area contributed by atoms with E-state index >= 15 is 0 Å². The van der Waals surface area contributed by atoms with Crippen molar-refractivity contribution in [2.45, 2.75) is 59.3 Å². The highest BCUT2D eigenvalue weighted by molar-refractivity contribution is 5.47. The van der Waals surface area contributed by atoms with E-state index in [4.69, 9.17) is 0 Å². The summed E-state index contributed by atoms with van der Waals surface area (Å²) in [6.07, 6.45) is 7.40. The fourth-order valence-corrected chi connectivity index (χ4v) is 1.93. The Morgan fingerprint density at radius 1 is 0.842 bits per heavy atom. The van der Waals surface area contributed by atoms with Gasteiger partial charge in [-0.2, -0.15) is 0 Å². The normalized spacial score (nSPS) is 10.5. The van der Waals surface area contributed by atoms with Gasteiger partial charge in [0.2, 0.25) is 0 Å². The van der Waals surface area contributed by atoms with Crippen molar-refractivity contribution in [2.75, 3.05) is 23.7 Å². The van der Waals surface area contributed by atoms with E-state index in [1.54, 1.807) is 0 Å². The maximum Gasteiger partial charge on any atom is 0.131 e. The van der Waals surface area contributed by atoms with Crippen LogP contribution in [0.5, 0.6) is 0 Å². The minimum absolute atomic E-state index is 0.818. The summed E-state index contributed by atoms with van der Waals surface area (Å²) < 4.78 is 0. The molecule has 0 saturated heterocycles. The van der Waals surface area contributed by atoms with Gasteiger partial charge in [-0.3, -0.25) is 0 Å². The molecule has 0 unspecified atom stereocenters. The third kappa shape index (κ3) is 6.99. The molecule has 4 heteroatoms. The smallest absolute Gasteiger partial charge is 0.131 e. The highest BCUT2D eigenvalue weighted by Crippen LogP contribution is 2.11. The number of unbranched alkanes of at least 4 members (excludes halogenated alkanes) is 4. The van der Waals surface area contributed by atoms with E-state index in [-0.39, 0.29) is 0 Å². The van der Waals surface area contributed by atoms with Gasteiger partial charge in [0, 0.05) is 19.2 Å². The molecule has 19 heavy (non-hydrogen) atoms. The zero-order chi connectivity index (χ0) is 13.9. The molecular formula is C15H28N4. The lowest BCUT2D eigenvalue weighted by Crippen LogP contribution is -2.08. The zero-order valence-electron chi connectivity index (χ0n) is 12.6. The summed E-state index contributed by atoms with van der Waals surface area (Å²) in [5.41, 5.74) is 0. The summed E-state index contributed by atoms with van der Waals surface area (Å²) in [4.78, 5) is 8.83. The molecule has 0 amide bonds. The van der Waals surface area contributed by atoms with Gasteiger partial charge in [-0.1, -0.05) is 39.5 Å². The third-order valence-corrected chi connectivity index (χ3v) is 3.01. The molecule has 1 aromatic rings. The van der Waals surface area contributed by atoms with Gasteiger partial charge < -0.3 is 10.6 Å². The summed E-state index contributed by atoms with van der Waals surface area (Å²) >= 11 is 0. The monoisotopic (exact) mass is 264 g/mol. The van der Waals surface area contributed by atoms with Gasteiger partial charge in [0.15, 0.2) is 0 Å². The molecule has 108 valence electrons. The van der Waals surface area contributed by atoms with E-state index in [2.05, 4.69) is 34.4 Å². The molecule has 0 fully saturated rings. The first-order chi connectivity index (χ1) is 9.26. The first-order valence-electron chi connectivity index (χ1n) is 7.59. The minimum Gasteiger partial charge on any atom is -0.370 e. The lowest BCUT2D eigenvalue weighted by molar-refractivity contribution is 0.739. The summed E-state index contributed by atoms with van der Waals surface area (Å²) in [5, 5.41) is 6.74. The second kappa shape index (κ2) is 9.59. The number of nitrogens with zero attached hydrogens (tertiary/aromatic N) is 2. The van der Waals surface area contributed by atoms with Gasteiger partial charge in [0.05, 0.1) is 0 Å². The second-order valence-corrected chi connectivity index (χ2v) is 4.95. The fourth-order valence-electron chi connectivity index (χ4n) is 1.93. The summed E-state index contributed by atoms with van der Waals surface area (Å²) in [6, 6.07) is 2.00. The molecule has 0 aliphatic carbocycles. The molecule has 4 nitrogen and oxygen atoms in total. The van der Waals surface area contributed by atoms with Gasteiger partial charge in [-0.05, 0) is 19.8 Å². The summed E-state index contributed by atoms with van der Waals surface area (Å²) in [6.45, 7) is 8.34. The standard InChI is InChI=1S/C15H28N4/c1-4-6-8-10-16-14-12-15(19-13(3)18-14)17-11-9-7-5-2/h12H,4-11H2,1-3H3,(H2,16,17,18,19). The molecule has 0 aliphatic rings. The van der Waals surface area contributed by atoms with Crippen LogP contribution >= 0.6 is 0 Å². The van der Waals surface area contributed by atoms with Crippen molar-refractivity contribution in [2.24, 2.45) is 0 Å². The number of aryl methyl sites for hydroxylation is 1. The number of hydrogen-bond donors (Lipinski definition) is 2. The number of anilines is 2. The van der Waals surface area contributed by atoms with E-state index in [0.717, 1.165) is 30.5 Å². The van der Waals surface area contributed by atoms with Crippen molar-refractivity contribution in [3.63, 3.8) is 0 Å². The Morgan fingerprint density at radius 2 is 1.32 bits per heavy atom. The van der Waals surface area contributed by atoms with Crippen molar-refractivity contribution in [3.05, 3.63) is 11.9 Å². The number of aromatic nitrogens is 2.